The third-order valence-corrected chi connectivity index (χ3v) is 6.27. The first-order valence-corrected chi connectivity index (χ1v) is 12.1. The number of nitrogens with zero attached hydrogens (tertiary/aromatic N) is 2. The number of fused-ring (bicyclic) bond motifs is 1. The number of nitro benzene ring substituents is 1. The second kappa shape index (κ2) is 10.6. The minimum Gasteiger partial charge on any atom is -0.494 e. The van der Waals surface area contributed by atoms with Gasteiger partial charge >= 0.3 is 6.03 Å². The zero-order valence-corrected chi connectivity index (χ0v) is 20.6. The predicted molar refractivity (Wildman–Crippen MR) is 147 cm³/mol. The molecule has 1 saturated heterocycles. The lowest BCUT2D eigenvalue weighted by Gasteiger charge is -2.09. The van der Waals surface area contributed by atoms with Crippen LogP contribution < -0.4 is 16.4 Å². The highest BCUT2D eigenvalue weighted by Gasteiger charge is 2.23. The maximum atomic E-state index is 11.8. The molecule has 1 aromatic heterocycles. The molecule has 196 valence electrons. The zero-order valence-electron chi connectivity index (χ0n) is 20.6. The number of nitrogens with two attached hydrogens (primary N) is 1. The molecule has 1 fully saturated rings. The molecule has 2 heterocycles. The van der Waals surface area contributed by atoms with Crippen molar-refractivity contribution in [1.82, 2.24) is 15.6 Å². The molecule has 0 saturated carbocycles. The van der Waals surface area contributed by atoms with Crippen molar-refractivity contribution in [3.05, 3.63) is 105 Å². The van der Waals surface area contributed by atoms with Crippen LogP contribution in [0.15, 0.2) is 77.4 Å². The number of imide groups is 1. The second-order valence-electron chi connectivity index (χ2n) is 8.94. The predicted octanol–water partition coefficient (Wildman–Crippen LogP) is 4.02. The van der Waals surface area contributed by atoms with Crippen LogP contribution >= 0.6 is 0 Å². The lowest BCUT2D eigenvalue weighted by Crippen LogP contribution is -2.22. The number of hydrogen-bond donors (Lipinski definition) is 5. The number of rotatable bonds is 8. The molecule has 39 heavy (non-hydrogen) atoms. The highest BCUT2D eigenvalue weighted by atomic mass is 16.6. The van der Waals surface area contributed by atoms with E-state index in [0.29, 0.717) is 45.5 Å². The molecule has 4 aromatic rings. The zero-order chi connectivity index (χ0) is 27.5. The van der Waals surface area contributed by atoms with E-state index in [4.69, 9.17) is 10.7 Å². The van der Waals surface area contributed by atoms with Gasteiger partial charge in [0.05, 0.1) is 21.9 Å². The van der Waals surface area contributed by atoms with Crippen molar-refractivity contribution < 1.29 is 19.6 Å². The van der Waals surface area contributed by atoms with Crippen LogP contribution in [0.4, 0.5) is 16.2 Å². The van der Waals surface area contributed by atoms with Gasteiger partial charge in [-0.15, -0.1) is 0 Å². The number of aromatic nitrogens is 1. The Bertz CT molecular complexity index is 1650. The summed E-state index contributed by atoms with van der Waals surface area (Å²) in [6.45, 7) is 0.584. The van der Waals surface area contributed by atoms with Crippen LogP contribution in [0.25, 0.3) is 17.0 Å². The number of hydrogen-bond acceptors (Lipinski definition) is 7. The molecule has 5 rings (SSSR count). The van der Waals surface area contributed by atoms with Gasteiger partial charge < -0.3 is 21.1 Å². The lowest BCUT2D eigenvalue weighted by atomic mass is 9.98. The van der Waals surface area contributed by atoms with E-state index in [2.05, 4.69) is 15.6 Å². The lowest BCUT2D eigenvalue weighted by molar-refractivity contribution is -0.384. The second-order valence-corrected chi connectivity index (χ2v) is 8.94. The van der Waals surface area contributed by atoms with Crippen LogP contribution in [-0.4, -0.2) is 39.2 Å². The number of benzene rings is 3. The van der Waals surface area contributed by atoms with Gasteiger partial charge in [0, 0.05) is 28.6 Å². The molecule has 1 aliphatic rings. The van der Waals surface area contributed by atoms with Crippen LogP contribution in [0.5, 0.6) is 5.88 Å². The first-order valence-electron chi connectivity index (χ1n) is 12.1. The summed E-state index contributed by atoms with van der Waals surface area (Å²) in [6, 6.07) is 18.4. The van der Waals surface area contributed by atoms with Crippen LogP contribution in [0.2, 0.25) is 0 Å². The normalized spacial score (nSPS) is 14.6. The summed E-state index contributed by atoms with van der Waals surface area (Å²) in [5.74, 6) is -0.677. The molecule has 3 aromatic carbocycles. The quantitative estimate of drug-likeness (QED) is 0.0764. The number of carbonyl (C=O) groups is 2. The number of non-ortho nitro benzene ring substituents is 1. The summed E-state index contributed by atoms with van der Waals surface area (Å²) < 4.78 is 0. The fraction of sp³-hybridized carbons (Fsp3) is 0.107. The van der Waals surface area contributed by atoms with Crippen LogP contribution in [0.3, 0.4) is 0 Å². The summed E-state index contributed by atoms with van der Waals surface area (Å²) in [6.07, 6.45) is 3.21. The number of aromatic hydroxyl groups is 1. The Balaban J connectivity index is 1.59. The van der Waals surface area contributed by atoms with E-state index in [1.807, 2.05) is 24.3 Å². The Kier molecular flexibility index (Phi) is 6.89. The number of aryl methyl sites for hydroxylation is 1. The molecule has 0 unspecified atom stereocenters. The molecule has 0 aliphatic carbocycles. The molecule has 11 heteroatoms. The minimum absolute atomic E-state index is 0.111. The van der Waals surface area contributed by atoms with Gasteiger partial charge in [-0.25, -0.2) is 9.79 Å². The van der Waals surface area contributed by atoms with Gasteiger partial charge in [-0.05, 0) is 54.8 Å². The van der Waals surface area contributed by atoms with Crippen LogP contribution in [-0.2, 0) is 11.2 Å². The Morgan fingerprint density at radius 1 is 1.03 bits per heavy atom. The maximum absolute atomic E-state index is 11.8. The average molecular weight is 525 g/mol. The number of aliphatic imine (C=N–C) groups is 1. The number of amides is 3. The number of nitro groups is 1. The van der Waals surface area contributed by atoms with Crippen molar-refractivity contribution in [2.75, 3.05) is 6.54 Å². The number of H-pyrrole nitrogens is 1. The Hall–Kier alpha value is -5.29. The van der Waals surface area contributed by atoms with Gasteiger partial charge in [0.25, 0.3) is 11.6 Å². The molecule has 0 spiro atoms. The molecule has 0 radical (unpaired) electrons. The highest BCUT2D eigenvalue weighted by molar-refractivity contribution is 6.22. The van der Waals surface area contributed by atoms with Gasteiger partial charge in [-0.1, -0.05) is 36.4 Å². The molecular formula is C28H24N6O5. The van der Waals surface area contributed by atoms with Crippen molar-refractivity contribution >= 4 is 46.0 Å². The third kappa shape index (κ3) is 5.38. The minimum atomic E-state index is -0.579. The molecule has 0 atom stereocenters. The number of carbonyl (C=O) groups excluding carboxylic acids is 2. The van der Waals surface area contributed by atoms with Crippen molar-refractivity contribution in [2.24, 2.45) is 10.7 Å². The maximum Gasteiger partial charge on any atom is 0.326 e. The summed E-state index contributed by atoms with van der Waals surface area (Å²) in [7, 11) is 0. The fourth-order valence-electron chi connectivity index (χ4n) is 4.34. The first-order chi connectivity index (χ1) is 18.8. The van der Waals surface area contributed by atoms with Crippen molar-refractivity contribution in [3.8, 4) is 5.88 Å². The number of nitrogens with one attached hydrogen (secondary N) is 3. The Morgan fingerprint density at radius 2 is 1.77 bits per heavy atom. The molecular weight excluding hydrogens is 500 g/mol. The van der Waals surface area contributed by atoms with E-state index in [1.165, 1.54) is 12.1 Å². The van der Waals surface area contributed by atoms with Gasteiger partial charge in [0.1, 0.15) is 5.70 Å². The van der Waals surface area contributed by atoms with E-state index >= 15 is 0 Å². The average Bonchev–Trinajstić information content (AvgIpc) is 3.43. The third-order valence-electron chi connectivity index (χ3n) is 6.27. The van der Waals surface area contributed by atoms with Gasteiger partial charge in [0.2, 0.25) is 0 Å². The topological polar surface area (TPSA) is 176 Å². The standard InChI is InChI=1S/C28H24N6O5/c29-13-1-2-16-3-7-18(8-4-16)25(24-21-15-20(34(38)39)11-12-22(21)31-27(24)36)30-19-9-5-17(6-10-19)14-23-26(35)33-28(37)32-23/h3-12,14-15,31,36H,1-2,13,29H2,(H2,32,33,35,37)/b23-14-,30-25?. The summed E-state index contributed by atoms with van der Waals surface area (Å²) in [4.78, 5) is 41.9. The van der Waals surface area contributed by atoms with E-state index in [1.54, 1.807) is 36.4 Å². The van der Waals surface area contributed by atoms with Crippen molar-refractivity contribution in [1.29, 1.82) is 0 Å². The number of aromatic amines is 1. The van der Waals surface area contributed by atoms with Crippen molar-refractivity contribution in [2.45, 2.75) is 12.8 Å². The number of urea groups is 1. The molecule has 0 bridgehead atoms. The van der Waals surface area contributed by atoms with Gasteiger partial charge in [-0.3, -0.25) is 20.2 Å². The Morgan fingerprint density at radius 3 is 2.41 bits per heavy atom. The van der Waals surface area contributed by atoms with Crippen LogP contribution in [0.1, 0.15) is 28.7 Å². The van der Waals surface area contributed by atoms with E-state index in [9.17, 15) is 24.8 Å². The summed E-state index contributed by atoms with van der Waals surface area (Å²) in [5, 5.41) is 27.4. The van der Waals surface area contributed by atoms with Gasteiger partial charge in [0.15, 0.2) is 5.88 Å². The molecule has 3 amide bonds. The van der Waals surface area contributed by atoms with E-state index < -0.39 is 16.9 Å². The highest BCUT2D eigenvalue weighted by Crippen LogP contribution is 2.34. The van der Waals surface area contributed by atoms with E-state index in [0.717, 1.165) is 18.4 Å². The fourth-order valence-corrected chi connectivity index (χ4v) is 4.34. The van der Waals surface area contributed by atoms with Crippen LogP contribution in [0, 0.1) is 10.1 Å². The smallest absolute Gasteiger partial charge is 0.326 e. The first kappa shape index (κ1) is 25.4. The SMILES string of the molecule is NCCCc1ccc(C(=Nc2ccc(/C=C3\NC(=O)NC3=O)cc2)c2c(O)[nH]c3ccc([N+](=O)[O-])cc23)cc1. The summed E-state index contributed by atoms with van der Waals surface area (Å²) >= 11 is 0. The molecule has 1 aliphatic heterocycles. The summed E-state index contributed by atoms with van der Waals surface area (Å²) in [5.41, 5.74) is 9.94. The molecule has 11 nitrogen and oxygen atoms in total. The van der Waals surface area contributed by atoms with E-state index in [-0.39, 0.29) is 17.3 Å². The monoisotopic (exact) mass is 524 g/mol. The Labute approximate surface area is 222 Å². The molecule has 6 N–H and O–H groups in total. The van der Waals surface area contributed by atoms with Crippen molar-refractivity contribution in [3.63, 3.8) is 0 Å². The van der Waals surface area contributed by atoms with Gasteiger partial charge in [-0.2, -0.15) is 0 Å². The largest absolute Gasteiger partial charge is 0.494 e.